The molecule has 3 aliphatic rings. The first kappa shape index (κ1) is 38.3. The topological polar surface area (TPSA) is 184 Å². The minimum Gasteiger partial charge on any atom is -0.453 e. The van der Waals surface area contributed by atoms with Crippen molar-refractivity contribution < 1.29 is 33.4 Å². The van der Waals surface area contributed by atoms with Crippen LogP contribution in [0.15, 0.2) is 36.4 Å². The molecule has 16 heteroatoms. The van der Waals surface area contributed by atoms with E-state index in [9.17, 15) is 19.2 Å². The quantitative estimate of drug-likeness (QED) is 0.161. The molecule has 2 aromatic carbocycles. The Labute approximate surface area is 321 Å². The Balaban J connectivity index is 1.13. The zero-order valence-electron chi connectivity index (χ0n) is 32.4. The van der Waals surface area contributed by atoms with E-state index < -0.39 is 32.3 Å². The molecule has 3 saturated heterocycles. The van der Waals surface area contributed by atoms with Crippen LogP contribution in [-0.2, 0) is 23.8 Å². The number of hydrogen-bond acceptors (Lipinski definition) is 9. The van der Waals surface area contributed by atoms with Crippen LogP contribution < -0.4 is 10.6 Å². The monoisotopic (exact) mass is 772 g/mol. The number of ether oxygens (including phenoxy) is 3. The lowest BCUT2D eigenvalue weighted by molar-refractivity contribution is -0.136. The first-order chi connectivity index (χ1) is 26.3. The van der Waals surface area contributed by atoms with E-state index in [1.807, 2.05) is 54.0 Å². The first-order valence-corrected chi connectivity index (χ1v) is 22.6. The number of nitrogens with one attached hydrogen (secondary N) is 4. The van der Waals surface area contributed by atoms with Crippen molar-refractivity contribution in [3.8, 4) is 11.1 Å². The SMILES string of the molecule is COC(=O)N[C@H](C(=O)N1CCC[C@H]1c1nc2cc(-c3ccc4nc([C@@H]5C[Si](C)(C)CN5C(=O)[C@@H](NC(=O)OC)C5CCOCC5)[nH]c4c3)ccc2[nH]1)C(C)C. The van der Waals surface area contributed by atoms with Crippen LogP contribution in [0.2, 0.25) is 19.1 Å². The molecule has 3 fully saturated rings. The Morgan fingerprint density at radius 2 is 1.47 bits per heavy atom. The fraction of sp³-hybridized carbons (Fsp3) is 0.538. The number of imidazole rings is 2. The standard InChI is InChI=1S/C39H52N8O7Si/c1-22(2)32(44-38(50)52-3)36(48)46-15-7-8-30(46)34-40-26-11-9-24(18-28(26)42-34)25-10-12-27-29(19-25)43-35(41-27)31-20-55(5,6)21-47(31)37(49)33(45-39(51)53-4)23-13-16-54-17-14-23/h9-12,18-19,22-23,30-33H,7-8,13-17,20-21H2,1-6H3,(H,40,42)(H,41,43)(H,44,50)(H,45,51)/t30-,31-,32-,33-/m0/s1. The molecule has 4 amide bonds. The Hall–Kier alpha value is -4.96. The van der Waals surface area contributed by atoms with E-state index in [-0.39, 0.29) is 35.7 Å². The van der Waals surface area contributed by atoms with Crippen molar-refractivity contribution in [1.29, 1.82) is 0 Å². The number of aromatic nitrogens is 4. The van der Waals surface area contributed by atoms with Crippen LogP contribution in [0.25, 0.3) is 33.2 Å². The van der Waals surface area contributed by atoms with Crippen LogP contribution in [0.1, 0.15) is 63.3 Å². The predicted octanol–water partition coefficient (Wildman–Crippen LogP) is 5.43. The van der Waals surface area contributed by atoms with Gasteiger partial charge in [0.05, 0.1) is 56.4 Å². The summed E-state index contributed by atoms with van der Waals surface area (Å²) in [5.41, 5.74) is 5.29. The van der Waals surface area contributed by atoms with Gasteiger partial charge in [-0.3, -0.25) is 9.59 Å². The smallest absolute Gasteiger partial charge is 0.407 e. The van der Waals surface area contributed by atoms with Crippen molar-refractivity contribution in [3.63, 3.8) is 0 Å². The van der Waals surface area contributed by atoms with E-state index in [2.05, 4.69) is 39.8 Å². The summed E-state index contributed by atoms with van der Waals surface area (Å²) in [4.78, 5) is 73.1. The Kier molecular flexibility index (Phi) is 10.9. The molecule has 4 N–H and O–H groups in total. The number of fused-ring (bicyclic) bond motifs is 2. The molecule has 3 aliphatic heterocycles. The van der Waals surface area contributed by atoms with Crippen LogP contribution in [0.4, 0.5) is 9.59 Å². The van der Waals surface area contributed by atoms with Crippen LogP contribution in [0, 0.1) is 11.8 Å². The Bertz CT molecular complexity index is 2070. The molecule has 2 aromatic heterocycles. The number of benzene rings is 2. The molecular formula is C39H52N8O7Si. The molecular weight excluding hydrogens is 721 g/mol. The summed E-state index contributed by atoms with van der Waals surface area (Å²) in [6.45, 7) is 10.1. The largest absolute Gasteiger partial charge is 0.453 e. The maximum Gasteiger partial charge on any atom is 0.407 e. The lowest BCUT2D eigenvalue weighted by atomic mass is 9.90. The fourth-order valence-corrected chi connectivity index (χ4v) is 11.4. The number of H-pyrrole nitrogens is 2. The van der Waals surface area contributed by atoms with Crippen molar-refractivity contribution in [2.45, 2.75) is 82.8 Å². The zero-order valence-corrected chi connectivity index (χ0v) is 33.4. The first-order valence-electron chi connectivity index (χ1n) is 19.2. The highest BCUT2D eigenvalue weighted by atomic mass is 28.3. The van der Waals surface area contributed by atoms with E-state index in [0.29, 0.717) is 38.8 Å². The van der Waals surface area contributed by atoms with Gasteiger partial charge in [0.2, 0.25) is 11.8 Å². The lowest BCUT2D eigenvalue weighted by Gasteiger charge is -2.34. The van der Waals surface area contributed by atoms with E-state index >= 15 is 0 Å². The third-order valence-corrected chi connectivity index (χ3v) is 14.0. The molecule has 294 valence electrons. The maximum atomic E-state index is 14.3. The molecule has 0 aliphatic carbocycles. The van der Waals surface area contributed by atoms with Crippen molar-refractivity contribution in [3.05, 3.63) is 48.0 Å². The normalized spacial score (nSPS) is 21.2. The second-order valence-corrected chi connectivity index (χ2v) is 21.2. The second kappa shape index (κ2) is 15.6. The van der Waals surface area contributed by atoms with Gasteiger partial charge >= 0.3 is 12.2 Å². The van der Waals surface area contributed by atoms with E-state index in [1.165, 1.54) is 14.2 Å². The average Bonchev–Trinajstić information content (AvgIpc) is 3.99. The number of carbonyl (C=O) groups is 4. The summed E-state index contributed by atoms with van der Waals surface area (Å²) in [5, 5.41) is 5.56. The molecule has 0 bridgehead atoms. The van der Waals surface area contributed by atoms with Crippen LogP contribution in [0.5, 0.6) is 0 Å². The highest BCUT2D eigenvalue weighted by Crippen LogP contribution is 2.39. The van der Waals surface area contributed by atoms with Gasteiger partial charge in [-0.05, 0) is 79.0 Å². The molecule has 4 aromatic rings. The van der Waals surface area contributed by atoms with Gasteiger partial charge in [-0.2, -0.15) is 0 Å². The number of rotatable bonds is 9. The summed E-state index contributed by atoms with van der Waals surface area (Å²) in [5.74, 6) is 1.05. The van der Waals surface area contributed by atoms with Crippen molar-refractivity contribution in [2.75, 3.05) is 40.1 Å². The molecule has 0 spiro atoms. The van der Waals surface area contributed by atoms with Gasteiger partial charge in [-0.1, -0.05) is 39.1 Å². The highest BCUT2D eigenvalue weighted by molar-refractivity contribution is 6.78. The Morgan fingerprint density at radius 3 is 2.20 bits per heavy atom. The summed E-state index contributed by atoms with van der Waals surface area (Å²) in [6, 6.07) is 11.2. The fourth-order valence-electron chi connectivity index (χ4n) is 8.46. The summed E-state index contributed by atoms with van der Waals surface area (Å²) in [6.07, 6.45) is 2.40. The number of aromatic amines is 2. The number of methoxy groups -OCH3 is 2. The molecule has 15 nitrogen and oxygen atoms in total. The summed E-state index contributed by atoms with van der Waals surface area (Å²) >= 11 is 0. The number of carbonyl (C=O) groups excluding carboxylic acids is 4. The van der Waals surface area contributed by atoms with Crippen molar-refractivity contribution in [2.24, 2.45) is 11.8 Å². The van der Waals surface area contributed by atoms with E-state index in [1.54, 1.807) is 0 Å². The molecule has 5 heterocycles. The number of alkyl carbamates (subject to hydrolysis) is 2. The van der Waals surface area contributed by atoms with Gasteiger partial charge < -0.3 is 44.6 Å². The van der Waals surface area contributed by atoms with Crippen LogP contribution in [-0.4, -0.2) is 114 Å². The minimum atomic E-state index is -1.81. The molecule has 7 rings (SSSR count). The lowest BCUT2D eigenvalue weighted by Crippen LogP contribution is -2.53. The van der Waals surface area contributed by atoms with E-state index in [0.717, 1.165) is 63.7 Å². The summed E-state index contributed by atoms with van der Waals surface area (Å²) < 4.78 is 15.3. The zero-order chi connectivity index (χ0) is 39.0. The average molecular weight is 773 g/mol. The minimum absolute atomic E-state index is 0.0419. The summed E-state index contributed by atoms with van der Waals surface area (Å²) in [7, 11) is 0.793. The third kappa shape index (κ3) is 7.92. The van der Waals surface area contributed by atoms with Gasteiger partial charge in [0.1, 0.15) is 23.7 Å². The molecule has 55 heavy (non-hydrogen) atoms. The van der Waals surface area contributed by atoms with Gasteiger partial charge in [-0.25, -0.2) is 19.6 Å². The van der Waals surface area contributed by atoms with Gasteiger partial charge in [-0.15, -0.1) is 0 Å². The molecule has 0 unspecified atom stereocenters. The van der Waals surface area contributed by atoms with E-state index in [4.69, 9.17) is 24.2 Å². The van der Waals surface area contributed by atoms with Crippen LogP contribution >= 0.6 is 0 Å². The number of nitrogens with zero attached hydrogens (tertiary/aromatic N) is 4. The number of hydrogen-bond donors (Lipinski definition) is 4. The molecule has 0 radical (unpaired) electrons. The Morgan fingerprint density at radius 1 is 0.818 bits per heavy atom. The number of amides is 4. The van der Waals surface area contributed by atoms with Crippen molar-refractivity contribution in [1.82, 2.24) is 40.4 Å². The molecule has 4 atom stereocenters. The predicted molar refractivity (Wildman–Crippen MR) is 209 cm³/mol. The second-order valence-electron chi connectivity index (χ2n) is 16.2. The van der Waals surface area contributed by atoms with Gasteiger partial charge in [0, 0.05) is 25.9 Å². The third-order valence-electron chi connectivity index (χ3n) is 11.4. The van der Waals surface area contributed by atoms with Crippen LogP contribution in [0.3, 0.4) is 0 Å². The maximum absolute atomic E-state index is 14.3. The van der Waals surface area contributed by atoms with Gasteiger partial charge in [0.25, 0.3) is 0 Å². The van der Waals surface area contributed by atoms with Crippen molar-refractivity contribution >= 4 is 54.1 Å². The number of likely N-dealkylation sites (tertiary alicyclic amines) is 1. The highest BCUT2D eigenvalue weighted by Gasteiger charge is 2.47. The van der Waals surface area contributed by atoms with Gasteiger partial charge in [0.15, 0.2) is 0 Å². The molecule has 0 saturated carbocycles.